The van der Waals surface area contributed by atoms with E-state index in [1.807, 2.05) is 19.2 Å². The summed E-state index contributed by atoms with van der Waals surface area (Å²) in [5.74, 6) is 2.57. The van der Waals surface area contributed by atoms with Gasteiger partial charge in [-0.1, -0.05) is 24.1 Å². The molecule has 0 atom stereocenters. The van der Waals surface area contributed by atoms with Crippen LogP contribution in [0.2, 0.25) is 0 Å². The lowest BCUT2D eigenvalue weighted by molar-refractivity contribution is 0.917. The van der Waals surface area contributed by atoms with E-state index in [-0.39, 0.29) is 0 Å². The monoisotopic (exact) mass is 233 g/mol. The van der Waals surface area contributed by atoms with Crippen LogP contribution >= 0.6 is 0 Å². The first kappa shape index (κ1) is 10.5. The number of hydrogen-bond donors (Lipinski definition) is 0. The Bertz CT molecular complexity index is 745. The van der Waals surface area contributed by atoms with Gasteiger partial charge in [-0.2, -0.15) is 5.10 Å². The van der Waals surface area contributed by atoms with Gasteiger partial charge in [0, 0.05) is 12.4 Å². The maximum atomic E-state index is 5.32. The van der Waals surface area contributed by atoms with Crippen LogP contribution in [0.3, 0.4) is 0 Å². The Morgan fingerprint density at radius 1 is 1.22 bits per heavy atom. The molecule has 0 saturated carbocycles. The van der Waals surface area contributed by atoms with Gasteiger partial charge in [0.25, 0.3) is 0 Å². The van der Waals surface area contributed by atoms with E-state index in [4.69, 9.17) is 6.42 Å². The van der Waals surface area contributed by atoms with Crippen LogP contribution in [0.15, 0.2) is 42.7 Å². The van der Waals surface area contributed by atoms with Crippen LogP contribution in [0.5, 0.6) is 0 Å². The normalized spacial score (nSPS) is 10.4. The maximum absolute atomic E-state index is 5.32. The first-order valence-corrected chi connectivity index (χ1v) is 5.66. The first-order valence-electron chi connectivity index (χ1n) is 5.66. The maximum Gasteiger partial charge on any atom is 0.170 e. The molecule has 0 N–H and O–H groups in total. The van der Waals surface area contributed by atoms with Crippen molar-refractivity contribution in [2.75, 3.05) is 0 Å². The van der Waals surface area contributed by atoms with Gasteiger partial charge in [-0.25, -0.2) is 9.50 Å². The van der Waals surface area contributed by atoms with E-state index < -0.39 is 0 Å². The molecule has 0 saturated heterocycles. The van der Waals surface area contributed by atoms with E-state index in [2.05, 4.69) is 40.3 Å². The van der Waals surface area contributed by atoms with Crippen LogP contribution in [0.25, 0.3) is 16.8 Å². The van der Waals surface area contributed by atoms with Gasteiger partial charge in [-0.15, -0.1) is 6.42 Å². The summed E-state index contributed by atoms with van der Waals surface area (Å²) in [6.45, 7) is 1.88. The standard InChI is InChI=1S/C9H7N3.C6H4/c1-3-8-7(2)11-12-6-4-5-10-9(8)12;1-2-5-4-6(5)3-1/h1,4-6H,2H3;1-4H. The van der Waals surface area contributed by atoms with Gasteiger partial charge in [-0.3, -0.25) is 0 Å². The molecule has 2 aromatic rings. The van der Waals surface area contributed by atoms with Crippen molar-refractivity contribution in [2.45, 2.75) is 6.92 Å². The SMILES string of the molecule is C#Cc1c(C)nn2cccnc12.c1cc2cc-2c1. The van der Waals surface area contributed by atoms with E-state index in [1.165, 1.54) is 11.1 Å². The third-order valence-corrected chi connectivity index (χ3v) is 2.83. The fraction of sp³-hybridized carbons (Fsp3) is 0.0667. The summed E-state index contributed by atoms with van der Waals surface area (Å²) in [5.41, 5.74) is 5.22. The van der Waals surface area contributed by atoms with Crippen molar-refractivity contribution in [3.05, 3.63) is 54.0 Å². The lowest BCUT2D eigenvalue weighted by atomic mass is 10.3. The van der Waals surface area contributed by atoms with Gasteiger partial charge >= 0.3 is 0 Å². The molecule has 2 aliphatic carbocycles. The molecule has 0 fully saturated rings. The van der Waals surface area contributed by atoms with Gasteiger partial charge in [0.05, 0.1) is 11.3 Å². The van der Waals surface area contributed by atoms with Gasteiger partial charge in [0.1, 0.15) is 0 Å². The lowest BCUT2D eigenvalue weighted by Gasteiger charge is -1.88. The molecule has 3 heteroatoms. The number of terminal acetylenes is 1. The van der Waals surface area contributed by atoms with E-state index in [0.29, 0.717) is 0 Å². The molecule has 0 bridgehead atoms. The summed E-state index contributed by atoms with van der Waals surface area (Å²) in [4.78, 5) is 4.13. The van der Waals surface area contributed by atoms with Gasteiger partial charge in [0.2, 0.25) is 0 Å². The second-order valence-corrected chi connectivity index (χ2v) is 4.07. The first-order chi connectivity index (χ1) is 8.79. The van der Waals surface area contributed by atoms with Gasteiger partial charge in [0.15, 0.2) is 5.65 Å². The van der Waals surface area contributed by atoms with Crippen molar-refractivity contribution in [1.82, 2.24) is 14.6 Å². The van der Waals surface area contributed by atoms with Gasteiger partial charge < -0.3 is 0 Å². The molecule has 86 valence electrons. The Hall–Kier alpha value is -2.60. The zero-order chi connectivity index (χ0) is 12.5. The number of rotatable bonds is 0. The van der Waals surface area contributed by atoms with Crippen LogP contribution in [0.4, 0.5) is 0 Å². The van der Waals surface area contributed by atoms with Crippen LogP contribution in [-0.2, 0) is 0 Å². The Morgan fingerprint density at radius 3 is 2.56 bits per heavy atom. The Labute approximate surface area is 105 Å². The van der Waals surface area contributed by atoms with Crippen LogP contribution < -0.4 is 0 Å². The zero-order valence-corrected chi connectivity index (χ0v) is 9.96. The number of fused-ring (bicyclic) bond motifs is 2. The third-order valence-electron chi connectivity index (χ3n) is 2.83. The highest BCUT2D eigenvalue weighted by molar-refractivity contribution is 5.80. The molecule has 2 aliphatic rings. The molecule has 2 aromatic heterocycles. The number of nitrogens with zero attached hydrogens (tertiary/aromatic N) is 3. The second kappa shape index (κ2) is 4.01. The molecule has 3 nitrogen and oxygen atoms in total. The van der Waals surface area contributed by atoms with Crippen molar-refractivity contribution < 1.29 is 0 Å². The summed E-state index contributed by atoms with van der Waals surface area (Å²) >= 11 is 0. The highest BCUT2D eigenvalue weighted by Crippen LogP contribution is 2.32. The van der Waals surface area contributed by atoms with Crippen molar-refractivity contribution in [1.29, 1.82) is 0 Å². The molecule has 0 amide bonds. The van der Waals surface area contributed by atoms with Crippen LogP contribution in [0.1, 0.15) is 11.3 Å². The fourth-order valence-corrected chi connectivity index (χ4v) is 1.84. The molecular formula is C15H11N3. The topological polar surface area (TPSA) is 30.2 Å². The highest BCUT2D eigenvalue weighted by Gasteiger charge is 2.07. The Morgan fingerprint density at radius 2 is 2.00 bits per heavy atom. The predicted molar refractivity (Wildman–Crippen MR) is 71.1 cm³/mol. The molecule has 0 aliphatic heterocycles. The van der Waals surface area contributed by atoms with Crippen LogP contribution in [-0.4, -0.2) is 14.6 Å². The quantitative estimate of drug-likeness (QED) is 0.437. The number of hydrogen-bond acceptors (Lipinski definition) is 2. The molecule has 0 radical (unpaired) electrons. The zero-order valence-electron chi connectivity index (χ0n) is 9.96. The van der Waals surface area contributed by atoms with E-state index >= 15 is 0 Å². The smallest absolute Gasteiger partial charge is 0.170 e. The molecule has 18 heavy (non-hydrogen) atoms. The van der Waals surface area contributed by atoms with E-state index in [0.717, 1.165) is 16.9 Å². The lowest BCUT2D eigenvalue weighted by Crippen LogP contribution is -1.87. The third kappa shape index (κ3) is 1.74. The number of benzene rings is 1. The van der Waals surface area contributed by atoms with Crippen molar-refractivity contribution in [2.24, 2.45) is 0 Å². The minimum absolute atomic E-state index is 0.748. The molecule has 4 rings (SSSR count). The van der Waals surface area contributed by atoms with E-state index in [9.17, 15) is 0 Å². The average molecular weight is 233 g/mol. The van der Waals surface area contributed by atoms with Crippen molar-refractivity contribution in [3.63, 3.8) is 0 Å². The molecule has 0 spiro atoms. The second-order valence-electron chi connectivity index (χ2n) is 4.07. The largest absolute Gasteiger partial charge is 0.236 e. The summed E-state index contributed by atoms with van der Waals surface area (Å²) < 4.78 is 1.69. The minimum Gasteiger partial charge on any atom is -0.236 e. The summed E-state index contributed by atoms with van der Waals surface area (Å²) in [7, 11) is 0. The summed E-state index contributed by atoms with van der Waals surface area (Å²) in [6, 6.07) is 10.3. The number of aromatic nitrogens is 3. The van der Waals surface area contributed by atoms with Crippen molar-refractivity contribution in [3.8, 4) is 23.5 Å². The van der Waals surface area contributed by atoms with E-state index in [1.54, 1.807) is 10.7 Å². The highest BCUT2D eigenvalue weighted by atomic mass is 15.2. The predicted octanol–water partition coefficient (Wildman–Crippen LogP) is 2.69. The Kier molecular flexibility index (Phi) is 2.35. The molecule has 0 unspecified atom stereocenters. The van der Waals surface area contributed by atoms with Crippen molar-refractivity contribution >= 4 is 5.65 Å². The minimum atomic E-state index is 0.748. The van der Waals surface area contributed by atoms with Gasteiger partial charge in [-0.05, 0) is 30.2 Å². The Balaban J connectivity index is 0.000000137. The number of aryl methyl sites for hydroxylation is 1. The van der Waals surface area contributed by atoms with Crippen LogP contribution in [0, 0.1) is 19.3 Å². The molecular weight excluding hydrogens is 222 g/mol. The summed E-state index contributed by atoms with van der Waals surface area (Å²) in [5, 5.41) is 4.20. The fourth-order valence-electron chi connectivity index (χ4n) is 1.84. The summed E-state index contributed by atoms with van der Waals surface area (Å²) in [6.07, 6.45) is 8.85. The molecule has 0 aromatic carbocycles. The average Bonchev–Trinajstić information content (AvgIpc) is 2.85. The molecule has 2 heterocycles.